The van der Waals surface area contributed by atoms with Gasteiger partial charge in [0.15, 0.2) is 0 Å². The third-order valence-electron chi connectivity index (χ3n) is 1.78. The fraction of sp³-hybridized carbons (Fsp3) is 0.111. The second-order valence-electron chi connectivity index (χ2n) is 2.72. The van der Waals surface area contributed by atoms with Crippen LogP contribution in [-0.2, 0) is 6.54 Å². The van der Waals surface area contributed by atoms with E-state index in [1.54, 1.807) is 24.3 Å². The summed E-state index contributed by atoms with van der Waals surface area (Å²) in [6.45, 7) is 0.195. The summed E-state index contributed by atoms with van der Waals surface area (Å²) in [5.74, 6) is 0.742. The van der Waals surface area contributed by atoms with Crippen molar-refractivity contribution in [3.05, 3.63) is 30.2 Å². The molecule has 0 spiro atoms. The van der Waals surface area contributed by atoms with Crippen LogP contribution in [-0.4, -0.2) is 15.3 Å². The molecule has 0 aliphatic carbocycles. The van der Waals surface area contributed by atoms with E-state index in [1.165, 1.54) is 0 Å². The number of phenols is 1. The van der Waals surface area contributed by atoms with Crippen LogP contribution in [0.1, 0.15) is 5.89 Å². The molecule has 0 saturated heterocycles. The van der Waals surface area contributed by atoms with Gasteiger partial charge in [-0.2, -0.15) is 0 Å². The number of phenolic OH excluding ortho intramolecular Hbond substituents is 1. The highest BCUT2D eigenvalue weighted by molar-refractivity contribution is 5.61. The van der Waals surface area contributed by atoms with Crippen molar-refractivity contribution in [2.24, 2.45) is 5.73 Å². The van der Waals surface area contributed by atoms with E-state index < -0.39 is 0 Å². The molecule has 5 heteroatoms. The number of hydrogen-bond acceptors (Lipinski definition) is 5. The molecule has 0 atom stereocenters. The smallest absolute Gasteiger partial charge is 0.251 e. The molecule has 0 saturated carbocycles. The molecule has 0 fully saturated rings. The molecular formula is C9H9N3O2. The molecule has 72 valence electrons. The van der Waals surface area contributed by atoms with Crippen LogP contribution >= 0.6 is 0 Å². The Labute approximate surface area is 80.2 Å². The Morgan fingerprint density at radius 2 is 2.07 bits per heavy atom. The van der Waals surface area contributed by atoms with Gasteiger partial charge in [-0.1, -0.05) is 12.1 Å². The van der Waals surface area contributed by atoms with E-state index in [9.17, 15) is 5.11 Å². The lowest BCUT2D eigenvalue weighted by Crippen LogP contribution is -1.95. The molecule has 0 aliphatic rings. The molecule has 0 aliphatic heterocycles. The fourth-order valence-corrected chi connectivity index (χ4v) is 1.10. The minimum absolute atomic E-state index is 0.111. The van der Waals surface area contributed by atoms with Crippen LogP contribution in [0.4, 0.5) is 0 Å². The quantitative estimate of drug-likeness (QED) is 0.736. The van der Waals surface area contributed by atoms with E-state index in [0.29, 0.717) is 11.5 Å². The minimum Gasteiger partial charge on any atom is -0.507 e. The fourth-order valence-electron chi connectivity index (χ4n) is 1.10. The van der Waals surface area contributed by atoms with E-state index in [1.807, 2.05) is 0 Å². The van der Waals surface area contributed by atoms with Crippen LogP contribution in [0.15, 0.2) is 28.7 Å². The summed E-state index contributed by atoms with van der Waals surface area (Å²) in [7, 11) is 0. The molecule has 2 aromatic rings. The normalized spacial score (nSPS) is 10.4. The van der Waals surface area contributed by atoms with E-state index in [4.69, 9.17) is 10.2 Å². The number of nitrogens with zero attached hydrogens (tertiary/aromatic N) is 2. The van der Waals surface area contributed by atoms with Gasteiger partial charge in [-0.3, -0.25) is 0 Å². The Balaban J connectivity index is 2.44. The standard InChI is InChI=1S/C9H9N3O2/c10-5-8-11-12-9(14-8)6-3-1-2-4-7(6)13/h1-4,13H,5,10H2. The highest BCUT2D eigenvalue weighted by Gasteiger charge is 2.10. The van der Waals surface area contributed by atoms with Gasteiger partial charge >= 0.3 is 0 Å². The molecule has 0 bridgehead atoms. The first-order valence-electron chi connectivity index (χ1n) is 4.12. The summed E-state index contributed by atoms with van der Waals surface area (Å²) in [6.07, 6.45) is 0. The molecular weight excluding hydrogens is 182 g/mol. The van der Waals surface area contributed by atoms with Crippen molar-refractivity contribution in [1.29, 1.82) is 0 Å². The second-order valence-corrected chi connectivity index (χ2v) is 2.72. The van der Waals surface area contributed by atoms with Crippen LogP contribution in [0, 0.1) is 0 Å². The minimum atomic E-state index is 0.111. The average Bonchev–Trinajstić information content (AvgIpc) is 2.67. The van der Waals surface area contributed by atoms with Gasteiger partial charge in [0, 0.05) is 0 Å². The summed E-state index contributed by atoms with van der Waals surface area (Å²) in [5.41, 5.74) is 5.83. The molecule has 0 amide bonds. The lowest BCUT2D eigenvalue weighted by atomic mass is 10.2. The lowest BCUT2D eigenvalue weighted by molar-refractivity contribution is 0.468. The summed E-state index contributed by atoms with van der Waals surface area (Å²) in [4.78, 5) is 0. The topological polar surface area (TPSA) is 85.2 Å². The number of rotatable bonds is 2. The maximum atomic E-state index is 9.49. The molecule has 14 heavy (non-hydrogen) atoms. The molecule has 5 nitrogen and oxygen atoms in total. The molecule has 0 unspecified atom stereocenters. The van der Waals surface area contributed by atoms with E-state index >= 15 is 0 Å². The molecule has 2 rings (SSSR count). The molecule has 0 radical (unpaired) electrons. The second kappa shape index (κ2) is 3.47. The van der Waals surface area contributed by atoms with Crippen LogP contribution in [0.2, 0.25) is 0 Å². The van der Waals surface area contributed by atoms with Crippen LogP contribution in [0.5, 0.6) is 5.75 Å². The van der Waals surface area contributed by atoms with Gasteiger partial charge in [0.2, 0.25) is 5.89 Å². The third-order valence-corrected chi connectivity index (χ3v) is 1.78. The summed E-state index contributed by atoms with van der Waals surface area (Å²) < 4.78 is 5.19. The largest absolute Gasteiger partial charge is 0.507 e. The highest BCUT2D eigenvalue weighted by Crippen LogP contribution is 2.26. The van der Waals surface area contributed by atoms with Gasteiger partial charge in [-0.05, 0) is 12.1 Å². The number of aromatic nitrogens is 2. The van der Waals surface area contributed by atoms with Gasteiger partial charge in [0.25, 0.3) is 5.89 Å². The predicted molar refractivity (Wildman–Crippen MR) is 49.3 cm³/mol. The number of hydrogen-bond donors (Lipinski definition) is 2. The Kier molecular flexibility index (Phi) is 2.16. The number of aromatic hydroxyl groups is 1. The van der Waals surface area contributed by atoms with Gasteiger partial charge in [0.1, 0.15) is 5.75 Å². The molecule has 1 heterocycles. The van der Waals surface area contributed by atoms with E-state index in [0.717, 1.165) is 0 Å². The summed E-state index contributed by atoms with van der Waals surface area (Å²) in [5, 5.41) is 16.9. The van der Waals surface area contributed by atoms with Gasteiger partial charge in [-0.15, -0.1) is 10.2 Å². The van der Waals surface area contributed by atoms with E-state index in [2.05, 4.69) is 10.2 Å². The van der Waals surface area contributed by atoms with Gasteiger partial charge in [-0.25, -0.2) is 0 Å². The first-order chi connectivity index (χ1) is 6.81. The first kappa shape index (κ1) is 8.71. The van der Waals surface area contributed by atoms with Crippen molar-refractivity contribution in [3.8, 4) is 17.2 Å². The SMILES string of the molecule is NCc1nnc(-c2ccccc2O)o1. The maximum Gasteiger partial charge on any atom is 0.251 e. The Morgan fingerprint density at radius 1 is 1.29 bits per heavy atom. The Hall–Kier alpha value is -1.88. The number of para-hydroxylation sites is 1. The van der Waals surface area contributed by atoms with Gasteiger partial charge in [0.05, 0.1) is 12.1 Å². The molecule has 1 aromatic carbocycles. The Bertz CT molecular complexity index is 439. The lowest BCUT2D eigenvalue weighted by Gasteiger charge is -1.96. The van der Waals surface area contributed by atoms with Gasteiger partial charge < -0.3 is 15.3 Å². The van der Waals surface area contributed by atoms with Crippen LogP contribution < -0.4 is 5.73 Å². The van der Waals surface area contributed by atoms with Crippen molar-refractivity contribution in [1.82, 2.24) is 10.2 Å². The van der Waals surface area contributed by atoms with Crippen LogP contribution in [0.3, 0.4) is 0 Å². The third kappa shape index (κ3) is 1.45. The zero-order valence-corrected chi connectivity index (χ0v) is 7.34. The monoisotopic (exact) mass is 191 g/mol. The number of benzene rings is 1. The van der Waals surface area contributed by atoms with Crippen molar-refractivity contribution in [2.45, 2.75) is 6.54 Å². The molecule has 3 N–H and O–H groups in total. The molecule has 1 aromatic heterocycles. The summed E-state index contributed by atoms with van der Waals surface area (Å²) >= 11 is 0. The van der Waals surface area contributed by atoms with Crippen molar-refractivity contribution < 1.29 is 9.52 Å². The highest BCUT2D eigenvalue weighted by atomic mass is 16.4. The summed E-state index contributed by atoms with van der Waals surface area (Å²) in [6, 6.07) is 6.76. The predicted octanol–water partition coefficient (Wildman–Crippen LogP) is 0.901. The average molecular weight is 191 g/mol. The van der Waals surface area contributed by atoms with Crippen LogP contribution in [0.25, 0.3) is 11.5 Å². The van der Waals surface area contributed by atoms with Crippen molar-refractivity contribution >= 4 is 0 Å². The van der Waals surface area contributed by atoms with Crippen molar-refractivity contribution in [2.75, 3.05) is 0 Å². The zero-order chi connectivity index (χ0) is 9.97. The number of nitrogens with two attached hydrogens (primary N) is 1. The van der Waals surface area contributed by atoms with E-state index in [-0.39, 0.29) is 18.2 Å². The first-order valence-corrected chi connectivity index (χ1v) is 4.12. The maximum absolute atomic E-state index is 9.49. The van der Waals surface area contributed by atoms with Crippen molar-refractivity contribution in [3.63, 3.8) is 0 Å². The Morgan fingerprint density at radius 3 is 2.71 bits per heavy atom. The zero-order valence-electron chi connectivity index (χ0n) is 7.34.